The minimum atomic E-state index is -2.18. The first-order valence-electron chi connectivity index (χ1n) is 10.6. The Kier molecular flexibility index (Phi) is 11.0. The monoisotopic (exact) mass is 425 g/mol. The third-order valence-electron chi connectivity index (χ3n) is 5.58. The van der Waals surface area contributed by atoms with Crippen molar-refractivity contribution in [3.05, 3.63) is 30.3 Å². The minimum absolute atomic E-state index is 0.210. The van der Waals surface area contributed by atoms with E-state index in [1.807, 2.05) is 30.3 Å². The number of para-hydroxylation sites is 1. The van der Waals surface area contributed by atoms with Crippen molar-refractivity contribution in [2.45, 2.75) is 71.3 Å². The largest absolute Gasteiger partial charge is 0.503 e. The molecule has 28 heavy (non-hydrogen) atoms. The molecule has 0 radical (unpaired) electrons. The second-order valence-electron chi connectivity index (χ2n) is 7.39. The second-order valence-corrected chi connectivity index (χ2v) is 15.5. The highest BCUT2D eigenvalue weighted by molar-refractivity contribution is 6.75. The van der Waals surface area contributed by atoms with Gasteiger partial charge in [0.2, 0.25) is 0 Å². The van der Waals surface area contributed by atoms with E-state index in [2.05, 4.69) is 34.2 Å². The third kappa shape index (κ3) is 7.35. The normalized spacial score (nSPS) is 13.8. The highest BCUT2D eigenvalue weighted by Crippen LogP contribution is 2.25. The van der Waals surface area contributed by atoms with Gasteiger partial charge in [0, 0.05) is 25.9 Å². The lowest BCUT2D eigenvalue weighted by molar-refractivity contribution is 0.200. The molecule has 0 heterocycles. The Labute approximate surface area is 173 Å². The van der Waals surface area contributed by atoms with Gasteiger partial charge in [-0.3, -0.25) is 4.90 Å². The van der Waals surface area contributed by atoms with Crippen molar-refractivity contribution in [2.24, 2.45) is 0 Å². The quantitative estimate of drug-likeness (QED) is 0.355. The van der Waals surface area contributed by atoms with Crippen LogP contribution in [0, 0.1) is 0 Å². The third-order valence-corrected chi connectivity index (χ3v) is 13.0. The van der Waals surface area contributed by atoms with Crippen molar-refractivity contribution in [3.8, 4) is 0 Å². The summed E-state index contributed by atoms with van der Waals surface area (Å²) in [5.74, 6) is 0. The molecule has 0 spiro atoms. The first kappa shape index (κ1) is 24.9. The summed E-state index contributed by atoms with van der Waals surface area (Å²) in [6, 6.07) is 13.5. The number of nitrogens with zero attached hydrogens (tertiary/aromatic N) is 1. The first-order valence-corrected chi connectivity index (χ1v) is 15.7. The fourth-order valence-corrected chi connectivity index (χ4v) is 7.57. The molecule has 1 aromatic rings. The molecule has 5 nitrogen and oxygen atoms in total. The molecular formula is C21H39NO4Si2. The van der Waals surface area contributed by atoms with E-state index in [-0.39, 0.29) is 6.09 Å². The Balaban J connectivity index is 2.88. The van der Waals surface area contributed by atoms with E-state index >= 15 is 0 Å². The number of carbonyl (C=O) groups excluding carboxylic acids is 1. The Morgan fingerprint density at radius 2 is 1.64 bits per heavy atom. The second kappa shape index (κ2) is 12.4. The van der Waals surface area contributed by atoms with Crippen LogP contribution in [0.5, 0.6) is 0 Å². The summed E-state index contributed by atoms with van der Waals surface area (Å²) in [7, 11) is -2.46. The van der Waals surface area contributed by atoms with Crippen LogP contribution in [0.3, 0.4) is 0 Å². The minimum Gasteiger partial charge on any atom is -0.503 e. The van der Waals surface area contributed by atoms with E-state index in [9.17, 15) is 4.79 Å². The van der Waals surface area contributed by atoms with Crippen LogP contribution in [0.25, 0.3) is 0 Å². The number of amides is 1. The molecule has 160 valence electrons. The predicted molar refractivity (Wildman–Crippen MR) is 122 cm³/mol. The van der Waals surface area contributed by atoms with Gasteiger partial charge in [0.15, 0.2) is 0 Å². The van der Waals surface area contributed by atoms with Gasteiger partial charge in [0.05, 0.1) is 0 Å². The van der Waals surface area contributed by atoms with Gasteiger partial charge in [-0.25, -0.2) is 4.79 Å². The van der Waals surface area contributed by atoms with E-state index in [1.54, 1.807) is 12.0 Å². The van der Waals surface area contributed by atoms with E-state index in [1.165, 1.54) is 0 Å². The summed E-state index contributed by atoms with van der Waals surface area (Å²) >= 11 is 0. The Morgan fingerprint density at radius 1 is 1.04 bits per heavy atom. The van der Waals surface area contributed by atoms with Crippen LogP contribution in [0.1, 0.15) is 40.5 Å². The van der Waals surface area contributed by atoms with Crippen LogP contribution in [0.2, 0.25) is 30.7 Å². The Bertz CT molecular complexity index is 561. The molecule has 7 heteroatoms. The maximum absolute atomic E-state index is 13.1. The maximum atomic E-state index is 13.1. The molecule has 0 bridgehead atoms. The zero-order chi connectivity index (χ0) is 21.0. The Morgan fingerprint density at radius 3 is 2.14 bits per heavy atom. The molecule has 0 saturated carbocycles. The molecule has 1 aromatic carbocycles. The van der Waals surface area contributed by atoms with Gasteiger partial charge in [-0.1, -0.05) is 45.9 Å². The van der Waals surface area contributed by atoms with Crippen LogP contribution in [-0.2, 0) is 13.3 Å². The lowest BCUT2D eigenvalue weighted by Gasteiger charge is -2.32. The summed E-state index contributed by atoms with van der Waals surface area (Å²) in [6.45, 7) is 11.9. The number of hydrogen-bond donors (Lipinski definition) is 0. The van der Waals surface area contributed by atoms with Crippen molar-refractivity contribution in [1.82, 2.24) is 0 Å². The van der Waals surface area contributed by atoms with Gasteiger partial charge in [-0.05, 0) is 55.7 Å². The molecule has 1 atom stereocenters. The van der Waals surface area contributed by atoms with Crippen molar-refractivity contribution >= 4 is 28.7 Å². The maximum Gasteiger partial charge on any atom is 0.400 e. The van der Waals surface area contributed by atoms with Crippen molar-refractivity contribution in [1.29, 1.82) is 0 Å². The van der Waals surface area contributed by atoms with Gasteiger partial charge in [0.1, 0.15) is 0 Å². The van der Waals surface area contributed by atoms with Gasteiger partial charge in [0.25, 0.3) is 8.32 Å². The summed E-state index contributed by atoms with van der Waals surface area (Å²) in [5, 5.41) is 0. The van der Waals surface area contributed by atoms with E-state index in [0.717, 1.165) is 49.3 Å². The molecule has 0 aliphatic rings. The molecule has 0 aliphatic heterocycles. The first-order chi connectivity index (χ1) is 13.4. The molecule has 1 rings (SSSR count). The van der Waals surface area contributed by atoms with E-state index in [4.69, 9.17) is 13.3 Å². The number of rotatable bonds is 13. The van der Waals surface area contributed by atoms with E-state index < -0.39 is 16.9 Å². The summed E-state index contributed by atoms with van der Waals surface area (Å²) < 4.78 is 17.9. The van der Waals surface area contributed by atoms with Gasteiger partial charge in [-0.2, -0.15) is 0 Å². The molecular weight excluding hydrogens is 386 g/mol. The molecule has 1 unspecified atom stereocenters. The molecule has 0 saturated heterocycles. The highest BCUT2D eigenvalue weighted by Gasteiger charge is 2.35. The van der Waals surface area contributed by atoms with Crippen LogP contribution in [-0.4, -0.2) is 43.2 Å². The lowest BCUT2D eigenvalue weighted by atomic mass is 10.3. The zero-order valence-corrected chi connectivity index (χ0v) is 20.6. The lowest BCUT2D eigenvalue weighted by Crippen LogP contribution is -2.45. The summed E-state index contributed by atoms with van der Waals surface area (Å²) in [5.41, 5.74) is 0.883. The SMILES string of the molecule is CCCO[Si](C)(CCCN(C(=O)O[Si](CC)(CC)CC)c1ccccc1)OC. The number of anilines is 1. The number of benzene rings is 1. The highest BCUT2D eigenvalue weighted by atomic mass is 28.4. The van der Waals surface area contributed by atoms with Gasteiger partial charge >= 0.3 is 14.7 Å². The standard InChI is InChI=1S/C21H39NO4Si2/c1-7-18-25-27(6,24-5)19-14-17-22(20-15-12-11-13-16-20)21(23)26-28(8-2,9-3)10-4/h11-13,15-16H,7-10,14,17-19H2,1-6H3. The summed E-state index contributed by atoms with van der Waals surface area (Å²) in [4.78, 5) is 14.9. The van der Waals surface area contributed by atoms with Crippen LogP contribution >= 0.6 is 0 Å². The van der Waals surface area contributed by atoms with Crippen LogP contribution in [0.4, 0.5) is 10.5 Å². The van der Waals surface area contributed by atoms with Crippen molar-refractivity contribution in [3.63, 3.8) is 0 Å². The smallest absolute Gasteiger partial charge is 0.400 e. The molecule has 0 N–H and O–H groups in total. The van der Waals surface area contributed by atoms with Crippen LogP contribution < -0.4 is 4.90 Å². The molecule has 1 amide bonds. The number of carbonyl (C=O) groups is 1. The Hall–Kier alpha value is -1.16. The summed E-state index contributed by atoms with van der Waals surface area (Å²) in [6.07, 6.45) is 1.59. The topological polar surface area (TPSA) is 48.0 Å². The average Bonchev–Trinajstić information content (AvgIpc) is 2.74. The molecule has 0 aliphatic carbocycles. The molecule has 0 fully saturated rings. The zero-order valence-electron chi connectivity index (χ0n) is 18.6. The number of hydrogen-bond acceptors (Lipinski definition) is 4. The van der Waals surface area contributed by atoms with Gasteiger partial charge in [-0.15, -0.1) is 0 Å². The van der Waals surface area contributed by atoms with Crippen LogP contribution in [0.15, 0.2) is 30.3 Å². The van der Waals surface area contributed by atoms with E-state index in [0.29, 0.717) is 6.54 Å². The average molecular weight is 426 g/mol. The molecule has 0 aromatic heterocycles. The van der Waals surface area contributed by atoms with Crippen molar-refractivity contribution < 1.29 is 18.1 Å². The fourth-order valence-electron chi connectivity index (χ4n) is 3.25. The van der Waals surface area contributed by atoms with Crippen molar-refractivity contribution in [2.75, 3.05) is 25.2 Å². The van der Waals surface area contributed by atoms with Gasteiger partial charge < -0.3 is 13.3 Å². The fraction of sp³-hybridized carbons (Fsp3) is 0.667. The predicted octanol–water partition coefficient (Wildman–Crippen LogP) is 6.17.